The zero-order valence-corrected chi connectivity index (χ0v) is 15.4. The number of phenols is 1. The largest absolute Gasteiger partial charge is 0.508 e. The molecule has 0 spiro atoms. The molecule has 4 aromatic rings. The van der Waals surface area contributed by atoms with Gasteiger partial charge in [-0.1, -0.05) is 23.4 Å². The summed E-state index contributed by atoms with van der Waals surface area (Å²) in [4.78, 5) is 12.5. The fourth-order valence-electron chi connectivity index (χ4n) is 3.54. The van der Waals surface area contributed by atoms with E-state index < -0.39 is 17.5 Å². The number of carbonyl (C=O) groups is 1. The number of alkyl halides is 3. The quantitative estimate of drug-likeness (QED) is 0.471. The second-order valence-electron chi connectivity index (χ2n) is 6.62. The maximum atomic E-state index is 13.5. The molecule has 0 radical (unpaired) electrons. The molecule has 0 saturated carbocycles. The van der Waals surface area contributed by atoms with Crippen molar-refractivity contribution in [3.8, 4) is 22.7 Å². The first-order valence-corrected chi connectivity index (χ1v) is 8.67. The summed E-state index contributed by atoms with van der Waals surface area (Å²) < 4.78 is 47.3. The van der Waals surface area contributed by atoms with E-state index in [9.17, 15) is 23.1 Å². The lowest BCUT2D eigenvalue weighted by atomic mass is 10.00. The number of nitrogens with zero attached hydrogens (tertiary/aromatic N) is 2. The van der Waals surface area contributed by atoms with Gasteiger partial charge in [0.15, 0.2) is 0 Å². The van der Waals surface area contributed by atoms with Crippen molar-refractivity contribution in [3.63, 3.8) is 0 Å². The number of carbonyl (C=O) groups excluding carboxylic acids is 1. The van der Waals surface area contributed by atoms with Crippen LogP contribution < -0.4 is 0 Å². The van der Waals surface area contributed by atoms with Gasteiger partial charge in [0, 0.05) is 11.1 Å². The molecule has 1 N–H and O–H groups in total. The standard InChI is InChI=1S/C21H15F3N2O3/c1-11-17(12(2)29-25-11)19-18(20(28)21(22,23)24)15-5-3-4-6-16(15)26(19)13-7-9-14(27)10-8-13/h3-10,27H,1-2H3. The second kappa shape index (κ2) is 6.51. The Hall–Kier alpha value is -3.55. The summed E-state index contributed by atoms with van der Waals surface area (Å²) in [5.74, 6) is -1.64. The Labute approximate surface area is 163 Å². The van der Waals surface area contributed by atoms with Crippen LogP contribution in [0.3, 0.4) is 0 Å². The van der Waals surface area contributed by atoms with Crippen LogP contribution in [-0.2, 0) is 0 Å². The molecule has 0 saturated heterocycles. The Kier molecular flexibility index (Phi) is 4.22. The molecular weight excluding hydrogens is 385 g/mol. The van der Waals surface area contributed by atoms with Crippen LogP contribution in [0, 0.1) is 13.8 Å². The molecule has 0 aliphatic rings. The molecular formula is C21H15F3N2O3. The summed E-state index contributed by atoms with van der Waals surface area (Å²) in [7, 11) is 0. The third kappa shape index (κ3) is 2.97. The SMILES string of the molecule is Cc1noc(C)c1-c1c(C(=O)C(F)(F)F)c2ccccc2n1-c1ccc(O)cc1. The highest BCUT2D eigenvalue weighted by Crippen LogP contribution is 2.41. The molecule has 0 aliphatic heterocycles. The number of hydrogen-bond acceptors (Lipinski definition) is 4. The van der Waals surface area contributed by atoms with Crippen molar-refractivity contribution in [2.45, 2.75) is 20.0 Å². The maximum Gasteiger partial charge on any atom is 0.454 e. The number of Topliss-reactive ketones (excluding diaryl/α,β-unsaturated/α-hetero) is 1. The highest BCUT2D eigenvalue weighted by Gasteiger charge is 2.43. The van der Waals surface area contributed by atoms with Gasteiger partial charge in [-0.05, 0) is 44.2 Å². The lowest BCUT2D eigenvalue weighted by molar-refractivity contribution is -0.0883. The van der Waals surface area contributed by atoms with Gasteiger partial charge in [0.05, 0.1) is 28.0 Å². The van der Waals surface area contributed by atoms with Gasteiger partial charge in [-0.15, -0.1) is 0 Å². The van der Waals surface area contributed by atoms with Crippen LogP contribution in [0.1, 0.15) is 21.8 Å². The monoisotopic (exact) mass is 400 g/mol. The van der Waals surface area contributed by atoms with Crippen molar-refractivity contribution in [2.75, 3.05) is 0 Å². The number of phenolic OH excluding ortho intramolecular Hbond substituents is 1. The molecule has 2 aromatic heterocycles. The van der Waals surface area contributed by atoms with E-state index in [2.05, 4.69) is 5.16 Å². The number of aromatic hydroxyl groups is 1. The Morgan fingerprint density at radius 1 is 1.07 bits per heavy atom. The van der Waals surface area contributed by atoms with Gasteiger partial charge in [0.2, 0.25) is 0 Å². The Morgan fingerprint density at radius 2 is 1.72 bits per heavy atom. The lowest BCUT2D eigenvalue weighted by Crippen LogP contribution is -2.23. The molecule has 0 unspecified atom stereocenters. The number of benzene rings is 2. The van der Waals surface area contributed by atoms with Gasteiger partial charge < -0.3 is 14.2 Å². The number of aryl methyl sites for hydroxylation is 2. The van der Waals surface area contributed by atoms with Gasteiger partial charge in [-0.25, -0.2) is 0 Å². The summed E-state index contributed by atoms with van der Waals surface area (Å²) in [5.41, 5.74) is 1.17. The molecule has 2 aromatic carbocycles. The van der Waals surface area contributed by atoms with Gasteiger partial charge >= 0.3 is 6.18 Å². The molecule has 0 fully saturated rings. The summed E-state index contributed by atoms with van der Waals surface area (Å²) in [5, 5.41) is 13.6. The molecule has 0 bridgehead atoms. The van der Waals surface area contributed by atoms with E-state index in [1.165, 1.54) is 18.2 Å². The van der Waals surface area contributed by atoms with Crippen LogP contribution in [0.5, 0.6) is 5.75 Å². The molecule has 148 valence electrons. The van der Waals surface area contributed by atoms with E-state index in [4.69, 9.17) is 4.52 Å². The topological polar surface area (TPSA) is 68.3 Å². The number of para-hydroxylation sites is 1. The first kappa shape index (κ1) is 18.8. The van der Waals surface area contributed by atoms with Crippen LogP contribution in [0.4, 0.5) is 13.2 Å². The Balaban J connectivity index is 2.21. The van der Waals surface area contributed by atoms with E-state index in [1.807, 2.05) is 0 Å². The van der Waals surface area contributed by atoms with Crippen molar-refractivity contribution in [2.24, 2.45) is 0 Å². The van der Waals surface area contributed by atoms with Crippen molar-refractivity contribution in [1.82, 2.24) is 9.72 Å². The lowest BCUT2D eigenvalue weighted by Gasteiger charge is -2.13. The first-order chi connectivity index (χ1) is 13.7. The smallest absolute Gasteiger partial charge is 0.454 e. The van der Waals surface area contributed by atoms with Gasteiger partial charge in [-0.2, -0.15) is 13.2 Å². The van der Waals surface area contributed by atoms with Crippen molar-refractivity contribution < 1.29 is 27.6 Å². The van der Waals surface area contributed by atoms with E-state index in [0.29, 0.717) is 28.2 Å². The highest BCUT2D eigenvalue weighted by atomic mass is 19.4. The summed E-state index contributed by atoms with van der Waals surface area (Å²) in [6.07, 6.45) is -5.06. The van der Waals surface area contributed by atoms with Crippen LogP contribution in [0.25, 0.3) is 27.8 Å². The molecule has 29 heavy (non-hydrogen) atoms. The van der Waals surface area contributed by atoms with E-state index >= 15 is 0 Å². The zero-order chi connectivity index (χ0) is 20.9. The molecule has 0 amide bonds. The fraction of sp³-hybridized carbons (Fsp3) is 0.143. The normalized spacial score (nSPS) is 11.9. The molecule has 4 rings (SSSR count). The summed E-state index contributed by atoms with van der Waals surface area (Å²) in [6.45, 7) is 3.18. The number of hydrogen-bond donors (Lipinski definition) is 1. The number of fused-ring (bicyclic) bond motifs is 1. The zero-order valence-electron chi connectivity index (χ0n) is 15.4. The minimum atomic E-state index is -5.06. The van der Waals surface area contributed by atoms with Crippen LogP contribution in [-0.4, -0.2) is 26.8 Å². The molecule has 5 nitrogen and oxygen atoms in total. The Bertz CT molecular complexity index is 1220. The highest BCUT2D eigenvalue weighted by molar-refractivity contribution is 6.16. The third-order valence-corrected chi connectivity index (χ3v) is 4.74. The average Bonchev–Trinajstić information content (AvgIpc) is 3.17. The minimum absolute atomic E-state index is 0.00990. The Morgan fingerprint density at radius 3 is 2.31 bits per heavy atom. The van der Waals surface area contributed by atoms with E-state index in [-0.39, 0.29) is 16.8 Å². The van der Waals surface area contributed by atoms with Gasteiger partial charge in [-0.3, -0.25) is 4.79 Å². The van der Waals surface area contributed by atoms with Crippen molar-refractivity contribution in [1.29, 1.82) is 0 Å². The predicted molar refractivity (Wildman–Crippen MR) is 100 cm³/mol. The number of halogens is 3. The van der Waals surface area contributed by atoms with E-state index in [0.717, 1.165) is 0 Å². The van der Waals surface area contributed by atoms with Gasteiger partial charge in [0.25, 0.3) is 5.78 Å². The third-order valence-electron chi connectivity index (χ3n) is 4.74. The number of aromatic nitrogens is 2. The fourth-order valence-corrected chi connectivity index (χ4v) is 3.54. The number of ketones is 1. The second-order valence-corrected chi connectivity index (χ2v) is 6.62. The van der Waals surface area contributed by atoms with Crippen molar-refractivity contribution in [3.05, 3.63) is 65.5 Å². The average molecular weight is 400 g/mol. The first-order valence-electron chi connectivity index (χ1n) is 8.67. The summed E-state index contributed by atoms with van der Waals surface area (Å²) in [6, 6.07) is 12.3. The molecule has 0 atom stereocenters. The predicted octanol–water partition coefficient (Wildman–Crippen LogP) is 5.35. The molecule has 2 heterocycles. The van der Waals surface area contributed by atoms with E-state index in [1.54, 1.807) is 48.7 Å². The van der Waals surface area contributed by atoms with Gasteiger partial charge in [0.1, 0.15) is 11.5 Å². The van der Waals surface area contributed by atoms with Crippen LogP contribution >= 0.6 is 0 Å². The van der Waals surface area contributed by atoms with Crippen molar-refractivity contribution >= 4 is 16.7 Å². The van der Waals surface area contributed by atoms with Crippen LogP contribution in [0.2, 0.25) is 0 Å². The minimum Gasteiger partial charge on any atom is -0.508 e. The molecule has 0 aliphatic carbocycles. The molecule has 8 heteroatoms. The maximum absolute atomic E-state index is 13.5. The summed E-state index contributed by atoms with van der Waals surface area (Å²) >= 11 is 0. The number of rotatable bonds is 3. The van der Waals surface area contributed by atoms with Crippen LogP contribution in [0.15, 0.2) is 53.1 Å².